The summed E-state index contributed by atoms with van der Waals surface area (Å²) in [6, 6.07) is 5.38. The third-order valence-corrected chi connectivity index (χ3v) is 2.86. The first-order valence-corrected chi connectivity index (χ1v) is 5.19. The average molecular weight is 240 g/mol. The van der Waals surface area contributed by atoms with E-state index in [9.17, 15) is 9.59 Å². The Morgan fingerprint density at radius 1 is 1.25 bits per heavy atom. The van der Waals surface area contributed by atoms with Crippen molar-refractivity contribution in [2.24, 2.45) is 0 Å². The van der Waals surface area contributed by atoms with E-state index in [0.29, 0.717) is 5.02 Å². The van der Waals surface area contributed by atoms with Crippen LogP contribution in [0.5, 0.6) is 0 Å². The van der Waals surface area contributed by atoms with Crippen molar-refractivity contribution in [1.29, 1.82) is 0 Å². The van der Waals surface area contributed by atoms with Crippen molar-refractivity contribution in [1.82, 2.24) is 0 Å². The fourth-order valence-electron chi connectivity index (χ4n) is 1.67. The number of nitrogens with zero attached hydrogens (tertiary/aromatic N) is 1. The molecule has 0 atom stereocenters. The molecule has 1 aliphatic heterocycles. The fourth-order valence-corrected chi connectivity index (χ4v) is 1.84. The number of anilines is 1. The fraction of sp³-hybridized carbons (Fsp3) is 0.273. The molecule has 1 heterocycles. The quantitative estimate of drug-likeness (QED) is 0.551. The lowest BCUT2D eigenvalue weighted by molar-refractivity contribution is -0.160. The SMILES string of the molecule is Cc1c(Cl)cccc1N1CC(=O)OC(=O)C1. The van der Waals surface area contributed by atoms with E-state index < -0.39 is 11.9 Å². The molecule has 0 amide bonds. The molecule has 4 nitrogen and oxygen atoms in total. The minimum atomic E-state index is -0.532. The van der Waals surface area contributed by atoms with Crippen molar-refractivity contribution in [2.75, 3.05) is 18.0 Å². The summed E-state index contributed by atoms with van der Waals surface area (Å²) in [6.07, 6.45) is 0. The van der Waals surface area contributed by atoms with Gasteiger partial charge in [0.25, 0.3) is 0 Å². The molecule has 0 saturated carbocycles. The summed E-state index contributed by atoms with van der Waals surface area (Å²) in [7, 11) is 0. The van der Waals surface area contributed by atoms with E-state index in [4.69, 9.17) is 11.6 Å². The van der Waals surface area contributed by atoms with Crippen LogP contribution in [0, 0.1) is 6.92 Å². The summed E-state index contributed by atoms with van der Waals surface area (Å²) in [4.78, 5) is 23.9. The maximum Gasteiger partial charge on any atom is 0.333 e. The molecule has 0 spiro atoms. The van der Waals surface area contributed by atoms with Crippen LogP contribution in [0.15, 0.2) is 18.2 Å². The molecule has 0 radical (unpaired) electrons. The van der Waals surface area contributed by atoms with E-state index in [1.807, 2.05) is 13.0 Å². The van der Waals surface area contributed by atoms with Gasteiger partial charge in [0, 0.05) is 10.7 Å². The first kappa shape index (κ1) is 11.0. The van der Waals surface area contributed by atoms with Gasteiger partial charge in [-0.1, -0.05) is 17.7 Å². The first-order chi connectivity index (χ1) is 7.58. The summed E-state index contributed by atoms with van der Waals surface area (Å²) >= 11 is 5.98. The standard InChI is InChI=1S/C11H10ClNO3/c1-7-8(12)3-2-4-9(7)13-5-10(14)16-11(15)6-13/h2-4H,5-6H2,1H3. The van der Waals surface area contributed by atoms with Crippen molar-refractivity contribution in [3.8, 4) is 0 Å². The average Bonchev–Trinajstić information content (AvgIpc) is 2.20. The van der Waals surface area contributed by atoms with Crippen LogP contribution >= 0.6 is 11.6 Å². The molecular weight excluding hydrogens is 230 g/mol. The Morgan fingerprint density at radius 2 is 1.88 bits per heavy atom. The summed E-state index contributed by atoms with van der Waals surface area (Å²) in [5, 5.41) is 0.615. The van der Waals surface area contributed by atoms with Gasteiger partial charge >= 0.3 is 11.9 Å². The van der Waals surface area contributed by atoms with Crippen LogP contribution in [0.4, 0.5) is 5.69 Å². The van der Waals surface area contributed by atoms with Gasteiger partial charge in [-0.2, -0.15) is 0 Å². The number of halogens is 1. The minimum absolute atomic E-state index is 0.0763. The van der Waals surface area contributed by atoms with Crippen LogP contribution in [-0.2, 0) is 14.3 Å². The molecule has 0 N–H and O–H groups in total. The van der Waals surface area contributed by atoms with Crippen LogP contribution in [0.1, 0.15) is 5.56 Å². The number of carbonyl (C=O) groups is 2. The van der Waals surface area contributed by atoms with Crippen molar-refractivity contribution in [3.05, 3.63) is 28.8 Å². The Balaban J connectivity index is 2.33. The van der Waals surface area contributed by atoms with Gasteiger partial charge in [-0.15, -0.1) is 0 Å². The Bertz CT molecular complexity index is 443. The zero-order valence-corrected chi connectivity index (χ0v) is 9.45. The van der Waals surface area contributed by atoms with E-state index in [1.54, 1.807) is 17.0 Å². The third kappa shape index (κ3) is 2.02. The molecular formula is C11H10ClNO3. The van der Waals surface area contributed by atoms with Crippen molar-refractivity contribution >= 4 is 29.2 Å². The first-order valence-electron chi connectivity index (χ1n) is 4.81. The number of carbonyl (C=O) groups excluding carboxylic acids is 2. The van der Waals surface area contributed by atoms with Gasteiger partial charge in [0.15, 0.2) is 0 Å². The highest BCUT2D eigenvalue weighted by molar-refractivity contribution is 6.31. The number of esters is 2. The Hall–Kier alpha value is -1.55. The van der Waals surface area contributed by atoms with E-state index in [-0.39, 0.29) is 13.1 Å². The van der Waals surface area contributed by atoms with Crippen LogP contribution in [0.25, 0.3) is 0 Å². The minimum Gasteiger partial charge on any atom is -0.390 e. The predicted molar refractivity (Wildman–Crippen MR) is 59.5 cm³/mol. The lowest BCUT2D eigenvalue weighted by atomic mass is 10.1. The number of cyclic esters (lactones) is 2. The van der Waals surface area contributed by atoms with Gasteiger partial charge < -0.3 is 9.64 Å². The number of ether oxygens (including phenoxy) is 1. The summed E-state index contributed by atoms with van der Waals surface area (Å²) < 4.78 is 4.46. The van der Waals surface area contributed by atoms with Gasteiger partial charge in [-0.05, 0) is 24.6 Å². The van der Waals surface area contributed by atoms with E-state index >= 15 is 0 Å². The third-order valence-electron chi connectivity index (χ3n) is 2.45. The van der Waals surface area contributed by atoms with Crippen LogP contribution < -0.4 is 4.90 Å². The number of morpholine rings is 1. The second-order valence-corrected chi connectivity index (χ2v) is 3.99. The van der Waals surface area contributed by atoms with Gasteiger partial charge in [0.05, 0.1) is 0 Å². The molecule has 1 aliphatic rings. The largest absolute Gasteiger partial charge is 0.390 e. The predicted octanol–water partition coefficient (Wildman–Crippen LogP) is 1.54. The molecule has 2 rings (SSSR count). The zero-order chi connectivity index (χ0) is 11.7. The monoisotopic (exact) mass is 239 g/mol. The molecule has 1 aromatic carbocycles. The highest BCUT2D eigenvalue weighted by atomic mass is 35.5. The lowest BCUT2D eigenvalue weighted by Crippen LogP contribution is -2.43. The summed E-state index contributed by atoms with van der Waals surface area (Å²) in [6.45, 7) is 2.00. The van der Waals surface area contributed by atoms with Crippen molar-refractivity contribution in [3.63, 3.8) is 0 Å². The van der Waals surface area contributed by atoms with Gasteiger partial charge in [0.1, 0.15) is 13.1 Å². The number of hydrogen-bond donors (Lipinski definition) is 0. The molecule has 0 unspecified atom stereocenters. The number of rotatable bonds is 1. The topological polar surface area (TPSA) is 46.6 Å². The van der Waals surface area contributed by atoms with Crippen LogP contribution in [-0.4, -0.2) is 25.0 Å². The van der Waals surface area contributed by atoms with Gasteiger partial charge in [0.2, 0.25) is 0 Å². The Kier molecular flexibility index (Phi) is 2.83. The lowest BCUT2D eigenvalue weighted by Gasteiger charge is -2.27. The normalized spacial score (nSPS) is 16.2. The van der Waals surface area contributed by atoms with Gasteiger partial charge in [-0.3, -0.25) is 0 Å². The molecule has 84 valence electrons. The van der Waals surface area contributed by atoms with E-state index in [0.717, 1.165) is 11.3 Å². The summed E-state index contributed by atoms with van der Waals surface area (Å²) in [5.74, 6) is -1.06. The molecule has 1 aromatic rings. The highest BCUT2D eigenvalue weighted by Crippen LogP contribution is 2.27. The molecule has 16 heavy (non-hydrogen) atoms. The molecule has 1 fully saturated rings. The van der Waals surface area contributed by atoms with Crippen molar-refractivity contribution in [2.45, 2.75) is 6.92 Å². The number of benzene rings is 1. The van der Waals surface area contributed by atoms with Crippen molar-refractivity contribution < 1.29 is 14.3 Å². The Morgan fingerprint density at radius 3 is 2.50 bits per heavy atom. The van der Waals surface area contributed by atoms with Crippen LogP contribution in [0.2, 0.25) is 5.02 Å². The maximum absolute atomic E-state index is 11.1. The zero-order valence-electron chi connectivity index (χ0n) is 8.70. The maximum atomic E-state index is 11.1. The summed E-state index contributed by atoms with van der Waals surface area (Å²) in [5.41, 5.74) is 1.64. The second-order valence-electron chi connectivity index (χ2n) is 3.59. The van der Waals surface area contributed by atoms with Crippen LogP contribution in [0.3, 0.4) is 0 Å². The van der Waals surface area contributed by atoms with Gasteiger partial charge in [-0.25, -0.2) is 9.59 Å². The highest BCUT2D eigenvalue weighted by Gasteiger charge is 2.26. The molecule has 1 saturated heterocycles. The number of hydrogen-bond acceptors (Lipinski definition) is 4. The second kappa shape index (κ2) is 4.14. The smallest absolute Gasteiger partial charge is 0.333 e. The molecule has 5 heteroatoms. The molecule has 0 bridgehead atoms. The Labute approximate surface area is 97.7 Å². The molecule has 0 aliphatic carbocycles. The van der Waals surface area contributed by atoms with E-state index in [1.165, 1.54) is 0 Å². The molecule has 0 aromatic heterocycles. The van der Waals surface area contributed by atoms with E-state index in [2.05, 4.69) is 4.74 Å².